The summed E-state index contributed by atoms with van der Waals surface area (Å²) in [7, 11) is 4.19. The highest BCUT2D eigenvalue weighted by Crippen LogP contribution is 2.51. The average Bonchev–Trinajstić information content (AvgIpc) is 2.88. The second-order valence-electron chi connectivity index (χ2n) is 8.11. The fourth-order valence-corrected chi connectivity index (χ4v) is 5.16. The molecule has 3 aliphatic rings. The van der Waals surface area contributed by atoms with Crippen LogP contribution in [0.25, 0.3) is 0 Å². The molecule has 2 saturated heterocycles. The SMILES string of the molecule is CN(C)C12CC(=O)NC(C(c3ccc(Cl)cc3)C1)C(c1ccc(Cl)cc1)C2. The summed E-state index contributed by atoms with van der Waals surface area (Å²) in [5.74, 6) is 0.623. The van der Waals surface area contributed by atoms with Crippen LogP contribution < -0.4 is 5.32 Å². The number of carbonyl (C=O) groups excluding carboxylic acids is 1. The number of rotatable bonds is 3. The monoisotopic (exact) mass is 402 g/mol. The molecule has 3 fully saturated rings. The van der Waals surface area contributed by atoms with Gasteiger partial charge in [-0.25, -0.2) is 0 Å². The second kappa shape index (κ2) is 7.12. The molecule has 2 aromatic rings. The van der Waals surface area contributed by atoms with Crippen molar-refractivity contribution in [3.63, 3.8) is 0 Å². The zero-order chi connectivity index (χ0) is 19.2. The first kappa shape index (κ1) is 18.8. The van der Waals surface area contributed by atoms with E-state index in [1.165, 1.54) is 11.1 Å². The van der Waals surface area contributed by atoms with Crippen molar-refractivity contribution in [3.8, 4) is 0 Å². The first-order valence-electron chi connectivity index (χ1n) is 9.36. The van der Waals surface area contributed by atoms with Gasteiger partial charge in [0.2, 0.25) is 5.91 Å². The predicted octanol–water partition coefficient (Wildman–Crippen LogP) is 4.84. The Morgan fingerprint density at radius 3 is 1.74 bits per heavy atom. The number of carbonyl (C=O) groups is 1. The van der Waals surface area contributed by atoms with E-state index in [1.807, 2.05) is 24.3 Å². The van der Waals surface area contributed by atoms with E-state index >= 15 is 0 Å². The van der Waals surface area contributed by atoms with Gasteiger partial charge in [0.05, 0.1) is 0 Å². The molecule has 2 bridgehead atoms. The maximum atomic E-state index is 12.7. The lowest BCUT2D eigenvalue weighted by molar-refractivity contribution is -0.122. The van der Waals surface area contributed by atoms with Gasteiger partial charge in [-0.05, 0) is 62.3 Å². The number of nitrogens with one attached hydrogen (secondary N) is 1. The van der Waals surface area contributed by atoms with E-state index in [1.54, 1.807) is 0 Å². The minimum Gasteiger partial charge on any atom is -0.352 e. The molecule has 142 valence electrons. The minimum absolute atomic E-state index is 0.0652. The van der Waals surface area contributed by atoms with Gasteiger partial charge in [-0.2, -0.15) is 0 Å². The lowest BCUT2D eigenvalue weighted by Gasteiger charge is -2.49. The molecule has 0 radical (unpaired) electrons. The maximum absolute atomic E-state index is 12.7. The molecule has 5 heteroatoms. The average molecular weight is 403 g/mol. The lowest BCUT2D eigenvalue weighted by atomic mass is 9.64. The molecule has 3 nitrogen and oxygen atoms in total. The van der Waals surface area contributed by atoms with Crippen molar-refractivity contribution < 1.29 is 4.79 Å². The number of fused-ring (bicyclic) bond motifs is 4. The van der Waals surface area contributed by atoms with E-state index < -0.39 is 0 Å². The van der Waals surface area contributed by atoms with Gasteiger partial charge in [-0.3, -0.25) is 4.79 Å². The largest absolute Gasteiger partial charge is 0.352 e. The molecule has 2 aliphatic heterocycles. The third-order valence-corrected chi connectivity index (χ3v) is 6.93. The Morgan fingerprint density at radius 1 is 0.889 bits per heavy atom. The number of hydrogen-bond acceptors (Lipinski definition) is 2. The Morgan fingerprint density at radius 2 is 1.33 bits per heavy atom. The van der Waals surface area contributed by atoms with Crippen LogP contribution in [0.2, 0.25) is 10.0 Å². The van der Waals surface area contributed by atoms with Crippen molar-refractivity contribution in [3.05, 3.63) is 69.7 Å². The third kappa shape index (κ3) is 3.49. The van der Waals surface area contributed by atoms with Crippen LogP contribution in [0.1, 0.15) is 42.2 Å². The second-order valence-corrected chi connectivity index (χ2v) is 8.99. The van der Waals surface area contributed by atoms with Crippen molar-refractivity contribution in [1.82, 2.24) is 10.2 Å². The zero-order valence-electron chi connectivity index (χ0n) is 15.6. The summed E-state index contributed by atoms with van der Waals surface area (Å²) in [6, 6.07) is 16.2. The number of benzene rings is 2. The highest BCUT2D eigenvalue weighted by Gasteiger charge is 2.52. The van der Waals surface area contributed by atoms with Crippen LogP contribution in [-0.2, 0) is 4.79 Å². The minimum atomic E-state index is -0.161. The van der Waals surface area contributed by atoms with E-state index in [4.69, 9.17) is 23.2 Å². The van der Waals surface area contributed by atoms with Crippen LogP contribution in [-0.4, -0.2) is 36.5 Å². The highest BCUT2D eigenvalue weighted by atomic mass is 35.5. The van der Waals surface area contributed by atoms with Gasteiger partial charge in [0.1, 0.15) is 0 Å². The van der Waals surface area contributed by atoms with Gasteiger partial charge in [-0.1, -0.05) is 47.5 Å². The topological polar surface area (TPSA) is 32.3 Å². The molecule has 2 aromatic carbocycles. The summed E-state index contributed by atoms with van der Waals surface area (Å²) in [6.45, 7) is 0. The van der Waals surface area contributed by atoms with Gasteiger partial charge in [0, 0.05) is 39.9 Å². The standard InChI is InChI=1S/C22H24Cl2N2O/c1-26(2)22-11-18(14-3-7-16(23)8-4-14)21(25-20(27)13-22)19(12-22)15-5-9-17(24)10-6-15/h3-10,18-19,21H,11-13H2,1-2H3,(H,25,27). The summed E-state index contributed by atoms with van der Waals surface area (Å²) < 4.78 is 0. The van der Waals surface area contributed by atoms with E-state index in [9.17, 15) is 4.79 Å². The van der Waals surface area contributed by atoms with E-state index in [0.717, 1.165) is 22.9 Å². The maximum Gasteiger partial charge on any atom is 0.222 e. The molecule has 2 unspecified atom stereocenters. The van der Waals surface area contributed by atoms with E-state index in [0.29, 0.717) is 6.42 Å². The predicted molar refractivity (Wildman–Crippen MR) is 111 cm³/mol. The van der Waals surface area contributed by atoms with Crippen molar-refractivity contribution in [1.29, 1.82) is 0 Å². The van der Waals surface area contributed by atoms with Crippen LogP contribution in [0.3, 0.4) is 0 Å². The van der Waals surface area contributed by atoms with Crippen LogP contribution in [0.4, 0.5) is 0 Å². The van der Waals surface area contributed by atoms with Crippen molar-refractivity contribution in [2.24, 2.45) is 0 Å². The number of hydrogen-bond donors (Lipinski definition) is 1. The van der Waals surface area contributed by atoms with Crippen molar-refractivity contribution in [2.45, 2.75) is 42.7 Å². The zero-order valence-corrected chi connectivity index (χ0v) is 17.1. The summed E-state index contributed by atoms with van der Waals surface area (Å²) in [5.41, 5.74) is 2.30. The first-order chi connectivity index (χ1) is 12.9. The number of amides is 1. The van der Waals surface area contributed by atoms with E-state index in [-0.39, 0.29) is 29.3 Å². The molecule has 27 heavy (non-hydrogen) atoms. The van der Waals surface area contributed by atoms with Gasteiger partial charge in [0.15, 0.2) is 0 Å². The first-order valence-corrected chi connectivity index (χ1v) is 10.1. The quantitative estimate of drug-likeness (QED) is 0.795. The summed E-state index contributed by atoms with van der Waals surface area (Å²) in [6.07, 6.45) is 2.44. The molecule has 0 aromatic heterocycles. The summed E-state index contributed by atoms with van der Waals surface area (Å²) >= 11 is 12.2. The number of nitrogens with zero attached hydrogens (tertiary/aromatic N) is 1. The molecular formula is C22H24Cl2N2O. The molecule has 0 spiro atoms. The molecule has 1 aliphatic carbocycles. The van der Waals surface area contributed by atoms with Gasteiger partial charge in [-0.15, -0.1) is 0 Å². The summed E-state index contributed by atoms with van der Waals surface area (Å²) in [5, 5.41) is 4.81. The highest BCUT2D eigenvalue weighted by molar-refractivity contribution is 6.30. The summed E-state index contributed by atoms with van der Waals surface area (Å²) in [4.78, 5) is 15.0. The number of halogens is 2. The Hall–Kier alpha value is -1.55. The molecule has 1 N–H and O–H groups in total. The normalized spacial score (nSPS) is 30.3. The Bertz CT molecular complexity index is 777. The molecule has 1 saturated carbocycles. The Labute approximate surface area is 170 Å². The molecule has 5 rings (SSSR count). The van der Waals surface area contributed by atoms with Crippen LogP contribution in [0.15, 0.2) is 48.5 Å². The molecule has 2 atom stereocenters. The van der Waals surface area contributed by atoms with Gasteiger partial charge in [0.25, 0.3) is 0 Å². The Balaban J connectivity index is 1.81. The lowest BCUT2D eigenvalue weighted by Crippen LogP contribution is -2.52. The molecule has 1 amide bonds. The van der Waals surface area contributed by atoms with Crippen LogP contribution in [0, 0.1) is 0 Å². The third-order valence-electron chi connectivity index (χ3n) is 6.43. The smallest absolute Gasteiger partial charge is 0.222 e. The molecular weight excluding hydrogens is 379 g/mol. The van der Waals surface area contributed by atoms with Crippen molar-refractivity contribution >= 4 is 29.1 Å². The van der Waals surface area contributed by atoms with Crippen molar-refractivity contribution in [2.75, 3.05) is 14.1 Å². The van der Waals surface area contributed by atoms with E-state index in [2.05, 4.69) is 48.6 Å². The molecule has 2 heterocycles. The fraction of sp³-hybridized carbons (Fsp3) is 0.409. The van der Waals surface area contributed by atoms with Gasteiger partial charge >= 0.3 is 0 Å². The Kier molecular flexibility index (Phi) is 4.96. The van der Waals surface area contributed by atoms with Crippen LogP contribution in [0.5, 0.6) is 0 Å². The fourth-order valence-electron chi connectivity index (χ4n) is 4.91. The van der Waals surface area contributed by atoms with Gasteiger partial charge < -0.3 is 10.2 Å². The van der Waals surface area contributed by atoms with Crippen LogP contribution >= 0.6 is 23.2 Å².